The van der Waals surface area contributed by atoms with Gasteiger partial charge < -0.3 is 18.9 Å². The van der Waals surface area contributed by atoms with E-state index in [0.29, 0.717) is 11.5 Å². The summed E-state index contributed by atoms with van der Waals surface area (Å²) in [7, 11) is -7.87. The summed E-state index contributed by atoms with van der Waals surface area (Å²) in [5, 5.41) is 0. The van der Waals surface area contributed by atoms with E-state index in [1.807, 2.05) is 0 Å². The minimum absolute atomic E-state index is 0.160. The minimum Gasteiger partial charge on any atom is -0.487 e. The highest BCUT2D eigenvalue weighted by atomic mass is 32.2. The Balaban J connectivity index is 1.86. The smallest absolute Gasteiger partial charge is 0.285 e. The molecule has 2 aliphatic heterocycles. The second-order valence-corrected chi connectivity index (χ2v) is 10.6. The Kier molecular flexibility index (Phi) is 5.96. The van der Waals surface area contributed by atoms with E-state index < -0.39 is 38.2 Å². The average Bonchev–Trinajstić information content (AvgIpc) is 2.81. The summed E-state index contributed by atoms with van der Waals surface area (Å²) in [6.45, 7) is -0.411. The lowest BCUT2D eigenvalue weighted by Gasteiger charge is -2.40. The molecule has 0 N–H and O–H groups in total. The molecule has 0 aliphatic carbocycles. The molecule has 3 atom stereocenters. The summed E-state index contributed by atoms with van der Waals surface area (Å²) < 4.78 is 82.3. The summed E-state index contributed by atoms with van der Waals surface area (Å²) >= 11 is 0. The minimum atomic E-state index is -3.98. The molecule has 0 fully saturated rings. The number of rotatable bonds is 4. The Morgan fingerprint density at radius 3 is 1.72 bits per heavy atom. The fourth-order valence-corrected chi connectivity index (χ4v) is 4.76. The van der Waals surface area contributed by atoms with E-state index in [4.69, 9.17) is 27.3 Å². The van der Waals surface area contributed by atoms with Crippen LogP contribution in [0.4, 0.5) is 0 Å². The standard InChI is InChI=1S/C20H22O10S2/c1-31(21,22)29-14-11-20(27-17-9-5-3-7-15(17)25-12-14)19(30-32(2,23)24)13-26-16-8-4-6-10-18(16)28-20/h3-10,14,19H,11-13H2,1-2H3. The fourth-order valence-electron chi connectivity index (χ4n) is 3.52. The van der Waals surface area contributed by atoms with Crippen molar-refractivity contribution in [3.05, 3.63) is 48.5 Å². The van der Waals surface area contributed by atoms with Gasteiger partial charge in [0.15, 0.2) is 29.1 Å². The highest BCUT2D eigenvalue weighted by Crippen LogP contribution is 2.42. The number of ether oxygens (including phenoxy) is 4. The predicted octanol–water partition coefficient (Wildman–Crippen LogP) is 1.71. The average molecular weight is 487 g/mol. The highest BCUT2D eigenvalue weighted by molar-refractivity contribution is 7.86. The van der Waals surface area contributed by atoms with Gasteiger partial charge in [-0.3, -0.25) is 8.37 Å². The van der Waals surface area contributed by atoms with Crippen LogP contribution in [0.3, 0.4) is 0 Å². The number of hydrogen-bond acceptors (Lipinski definition) is 10. The molecular formula is C20H22O10S2. The summed E-state index contributed by atoms with van der Waals surface area (Å²) in [6.07, 6.45) is -0.824. The third kappa shape index (κ3) is 5.26. The van der Waals surface area contributed by atoms with E-state index in [-0.39, 0.29) is 31.1 Å². The molecule has 2 aromatic rings. The summed E-state index contributed by atoms with van der Waals surface area (Å²) in [5.41, 5.74) is 0. The summed E-state index contributed by atoms with van der Waals surface area (Å²) in [5.74, 6) is -0.655. The van der Waals surface area contributed by atoms with Crippen molar-refractivity contribution in [1.82, 2.24) is 0 Å². The number of hydrogen-bond donors (Lipinski definition) is 0. The SMILES string of the molecule is CS(=O)(=O)OC1COc2ccccc2OC2(C1)Oc1ccccc1OCC2OS(C)(=O)=O. The molecule has 12 heteroatoms. The summed E-state index contributed by atoms with van der Waals surface area (Å²) in [4.78, 5) is 0. The van der Waals surface area contributed by atoms with Gasteiger partial charge in [0.05, 0.1) is 18.9 Å². The lowest BCUT2D eigenvalue weighted by atomic mass is 10.0. The largest absolute Gasteiger partial charge is 0.487 e. The van der Waals surface area contributed by atoms with Gasteiger partial charge in [0.1, 0.15) is 19.3 Å². The van der Waals surface area contributed by atoms with Crippen LogP contribution < -0.4 is 18.9 Å². The van der Waals surface area contributed by atoms with Crippen molar-refractivity contribution < 1.29 is 44.1 Å². The number of benzene rings is 2. The second-order valence-electron chi connectivity index (χ2n) is 7.45. The van der Waals surface area contributed by atoms with Crippen molar-refractivity contribution in [3.8, 4) is 23.0 Å². The Labute approximate surface area is 186 Å². The van der Waals surface area contributed by atoms with Gasteiger partial charge in [-0.05, 0) is 24.3 Å². The Hall–Kier alpha value is -2.54. The van der Waals surface area contributed by atoms with Gasteiger partial charge in [-0.2, -0.15) is 16.8 Å². The maximum absolute atomic E-state index is 12.1. The number of fused-ring (bicyclic) bond motifs is 2. The molecule has 2 aromatic carbocycles. The quantitative estimate of drug-likeness (QED) is 0.590. The van der Waals surface area contributed by atoms with Crippen LogP contribution in [0, 0.1) is 0 Å². The molecule has 2 aliphatic rings. The molecule has 2 heterocycles. The molecule has 0 aromatic heterocycles. The Morgan fingerprint density at radius 1 is 0.750 bits per heavy atom. The Morgan fingerprint density at radius 2 is 1.22 bits per heavy atom. The maximum Gasteiger partial charge on any atom is 0.285 e. The molecule has 1 spiro atoms. The molecular weight excluding hydrogens is 464 g/mol. The van der Waals surface area contributed by atoms with Gasteiger partial charge >= 0.3 is 0 Å². The lowest BCUT2D eigenvalue weighted by molar-refractivity contribution is -0.197. The highest BCUT2D eigenvalue weighted by Gasteiger charge is 2.52. The first-order valence-corrected chi connectivity index (χ1v) is 13.2. The molecule has 4 rings (SSSR count). The van der Waals surface area contributed by atoms with Gasteiger partial charge in [0.2, 0.25) is 0 Å². The zero-order valence-electron chi connectivity index (χ0n) is 17.3. The van der Waals surface area contributed by atoms with E-state index in [1.165, 1.54) is 0 Å². The van der Waals surface area contributed by atoms with Crippen molar-refractivity contribution in [2.75, 3.05) is 25.7 Å². The van der Waals surface area contributed by atoms with E-state index in [2.05, 4.69) is 0 Å². The first kappa shape index (κ1) is 22.6. The Bertz CT molecular complexity index is 1190. The zero-order valence-corrected chi connectivity index (χ0v) is 18.9. The molecule has 32 heavy (non-hydrogen) atoms. The molecule has 0 saturated heterocycles. The molecule has 174 valence electrons. The van der Waals surface area contributed by atoms with Crippen LogP contribution in [0.15, 0.2) is 48.5 Å². The van der Waals surface area contributed by atoms with Crippen LogP contribution >= 0.6 is 0 Å². The molecule has 3 unspecified atom stereocenters. The van der Waals surface area contributed by atoms with Gasteiger partial charge in [0, 0.05) is 0 Å². The molecule has 10 nitrogen and oxygen atoms in total. The maximum atomic E-state index is 12.1. The van der Waals surface area contributed by atoms with Crippen molar-refractivity contribution in [2.45, 2.75) is 24.4 Å². The van der Waals surface area contributed by atoms with Crippen molar-refractivity contribution >= 4 is 20.2 Å². The van der Waals surface area contributed by atoms with Gasteiger partial charge in [0.25, 0.3) is 26.0 Å². The normalized spacial score (nSPS) is 25.4. The van der Waals surface area contributed by atoms with Gasteiger partial charge in [-0.25, -0.2) is 0 Å². The van der Waals surface area contributed by atoms with Crippen molar-refractivity contribution in [2.24, 2.45) is 0 Å². The topological polar surface area (TPSA) is 124 Å². The van der Waals surface area contributed by atoms with Crippen molar-refractivity contribution in [1.29, 1.82) is 0 Å². The van der Waals surface area contributed by atoms with E-state index in [1.54, 1.807) is 48.5 Å². The van der Waals surface area contributed by atoms with Gasteiger partial charge in [-0.1, -0.05) is 24.3 Å². The van der Waals surface area contributed by atoms with Crippen LogP contribution in [-0.2, 0) is 28.6 Å². The molecule has 0 radical (unpaired) electrons. The van der Waals surface area contributed by atoms with Crippen molar-refractivity contribution in [3.63, 3.8) is 0 Å². The molecule has 0 bridgehead atoms. The first-order chi connectivity index (χ1) is 15.0. The van der Waals surface area contributed by atoms with Crippen LogP contribution in [0.1, 0.15) is 6.42 Å². The van der Waals surface area contributed by atoms with E-state index in [0.717, 1.165) is 12.5 Å². The zero-order chi connectivity index (χ0) is 23.0. The van der Waals surface area contributed by atoms with E-state index in [9.17, 15) is 16.8 Å². The van der Waals surface area contributed by atoms with Gasteiger partial charge in [-0.15, -0.1) is 0 Å². The molecule has 0 saturated carbocycles. The van der Waals surface area contributed by atoms with Crippen LogP contribution in [-0.4, -0.2) is 60.6 Å². The van der Waals surface area contributed by atoms with Crippen LogP contribution in [0.5, 0.6) is 23.0 Å². The monoisotopic (exact) mass is 486 g/mol. The van der Waals surface area contributed by atoms with Crippen LogP contribution in [0.2, 0.25) is 0 Å². The number of para-hydroxylation sites is 4. The fraction of sp³-hybridized carbons (Fsp3) is 0.400. The second kappa shape index (κ2) is 8.43. The predicted molar refractivity (Wildman–Crippen MR) is 112 cm³/mol. The lowest BCUT2D eigenvalue weighted by Crippen LogP contribution is -2.58. The van der Waals surface area contributed by atoms with Crippen LogP contribution in [0.25, 0.3) is 0 Å². The third-order valence-corrected chi connectivity index (χ3v) is 5.89. The first-order valence-electron chi connectivity index (χ1n) is 9.61. The van der Waals surface area contributed by atoms with E-state index >= 15 is 0 Å². The third-order valence-electron chi connectivity index (χ3n) is 4.68. The summed E-state index contributed by atoms with van der Waals surface area (Å²) in [6, 6.07) is 13.4. The molecule has 0 amide bonds.